The van der Waals surface area contributed by atoms with Crippen LogP contribution in [0.15, 0.2) is 46.9 Å². The Balaban J connectivity index is 2.06. The molecule has 1 aliphatic rings. The van der Waals surface area contributed by atoms with E-state index in [2.05, 4.69) is 15.9 Å². The topological polar surface area (TPSA) is 47.4 Å². The Labute approximate surface area is 146 Å². The quantitative estimate of drug-likeness (QED) is 0.757. The molecule has 23 heavy (non-hydrogen) atoms. The van der Waals surface area contributed by atoms with E-state index in [1.54, 1.807) is 37.3 Å². The molecule has 1 saturated heterocycles. The van der Waals surface area contributed by atoms with Crippen molar-refractivity contribution in [3.63, 3.8) is 0 Å². The Kier molecular flexibility index (Phi) is 3.99. The second-order valence-electron chi connectivity index (χ2n) is 5.01. The summed E-state index contributed by atoms with van der Waals surface area (Å²) < 4.78 is 14.4. The smallest absolute Gasteiger partial charge is 0.281 e. The summed E-state index contributed by atoms with van der Waals surface area (Å²) in [5.41, 5.74) is 1.57. The van der Waals surface area contributed by atoms with Crippen molar-refractivity contribution in [3.05, 3.63) is 58.3 Å². The Hall–Kier alpha value is -2.12. The summed E-state index contributed by atoms with van der Waals surface area (Å²) in [4.78, 5) is 15.2. The van der Waals surface area contributed by atoms with Crippen LogP contribution in [-0.2, 0) is 0 Å². The number of hydrogen-bond acceptors (Lipinski definition) is 3. The highest BCUT2D eigenvalue weighted by Gasteiger charge is 2.41. The largest absolute Gasteiger partial charge is 0.340 e. The number of aryl methyl sites for hydroxylation is 1. The van der Waals surface area contributed by atoms with Gasteiger partial charge in [-0.2, -0.15) is 0 Å². The van der Waals surface area contributed by atoms with Gasteiger partial charge in [-0.1, -0.05) is 34.2 Å². The zero-order valence-corrected chi connectivity index (χ0v) is 14.4. The normalized spacial score (nSPS) is 14.8. The Bertz CT molecular complexity index is 838. The van der Waals surface area contributed by atoms with Crippen LogP contribution >= 0.6 is 28.1 Å². The average Bonchev–Trinajstić information content (AvgIpc) is 2.73. The number of nitrogens with one attached hydrogen (secondary N) is 1. The number of urea groups is 1. The lowest BCUT2D eigenvalue weighted by Crippen LogP contribution is -2.33. The molecule has 2 aromatic carbocycles. The Morgan fingerprint density at radius 3 is 2.43 bits per heavy atom. The highest BCUT2D eigenvalue weighted by molar-refractivity contribution is 9.10. The number of hydrogen-bond donors (Lipinski definition) is 1. The highest BCUT2D eigenvalue weighted by atomic mass is 79.9. The first-order valence-electron chi connectivity index (χ1n) is 6.69. The molecule has 0 saturated carbocycles. The molecule has 1 N–H and O–H groups in total. The van der Waals surface area contributed by atoms with E-state index >= 15 is 0 Å². The van der Waals surface area contributed by atoms with Gasteiger partial charge < -0.3 is 0 Å². The van der Waals surface area contributed by atoms with Crippen LogP contribution in [0.4, 0.5) is 20.6 Å². The molecule has 1 heterocycles. The molecular formula is C16H11BrFN3OS. The fourth-order valence-electron chi connectivity index (χ4n) is 2.35. The summed E-state index contributed by atoms with van der Waals surface area (Å²) >= 11 is 8.57. The summed E-state index contributed by atoms with van der Waals surface area (Å²) in [7, 11) is 0. The minimum absolute atomic E-state index is 0.0842. The molecule has 0 bridgehead atoms. The van der Waals surface area contributed by atoms with Crippen molar-refractivity contribution < 1.29 is 9.18 Å². The third-order valence-corrected chi connectivity index (χ3v) is 4.41. The number of anilines is 2. The first kappa shape index (κ1) is 15.8. The predicted molar refractivity (Wildman–Crippen MR) is 96.0 cm³/mol. The van der Waals surface area contributed by atoms with E-state index < -0.39 is 11.8 Å². The minimum atomic E-state index is -0.490. The molecule has 116 valence electrons. The number of rotatable bonds is 2. The molecular weight excluding hydrogens is 381 g/mol. The molecule has 2 amide bonds. The van der Waals surface area contributed by atoms with Gasteiger partial charge in [-0.15, -0.1) is 0 Å². The lowest BCUT2D eigenvalue weighted by atomic mass is 10.2. The average molecular weight is 392 g/mol. The van der Waals surface area contributed by atoms with E-state index in [1.165, 1.54) is 17.0 Å². The molecule has 7 heteroatoms. The van der Waals surface area contributed by atoms with E-state index in [-0.39, 0.29) is 10.8 Å². The first-order valence-corrected chi connectivity index (χ1v) is 7.89. The molecule has 0 unspecified atom stereocenters. The lowest BCUT2D eigenvalue weighted by Gasteiger charge is -2.18. The van der Waals surface area contributed by atoms with Gasteiger partial charge in [0, 0.05) is 4.47 Å². The van der Waals surface area contributed by atoms with Crippen molar-refractivity contribution in [2.75, 3.05) is 9.80 Å². The van der Waals surface area contributed by atoms with Crippen LogP contribution in [0.2, 0.25) is 0 Å². The number of thiocarbonyl (C=S) groups is 1. The number of carbonyl (C=O) groups is 1. The van der Waals surface area contributed by atoms with E-state index in [1.807, 2.05) is 0 Å². The maximum atomic E-state index is 13.6. The molecule has 2 aromatic rings. The number of amides is 2. The lowest BCUT2D eigenvalue weighted by molar-refractivity contribution is 0.257. The summed E-state index contributed by atoms with van der Waals surface area (Å²) in [5, 5.41) is 8.16. The molecule has 0 radical (unpaired) electrons. The molecule has 4 nitrogen and oxygen atoms in total. The van der Waals surface area contributed by atoms with E-state index in [9.17, 15) is 9.18 Å². The fraction of sp³-hybridized carbons (Fsp3) is 0.0625. The molecule has 3 rings (SSSR count). The third kappa shape index (κ3) is 2.66. The van der Waals surface area contributed by atoms with Crippen molar-refractivity contribution in [2.45, 2.75) is 6.92 Å². The van der Waals surface area contributed by atoms with Gasteiger partial charge in [-0.3, -0.25) is 5.41 Å². The van der Waals surface area contributed by atoms with Gasteiger partial charge in [-0.25, -0.2) is 19.0 Å². The number of benzene rings is 2. The maximum absolute atomic E-state index is 13.6. The van der Waals surface area contributed by atoms with Gasteiger partial charge in [0.15, 0.2) is 10.8 Å². The van der Waals surface area contributed by atoms with Crippen LogP contribution in [0.5, 0.6) is 0 Å². The van der Waals surface area contributed by atoms with Crippen LogP contribution < -0.4 is 9.80 Å². The number of halogens is 2. The van der Waals surface area contributed by atoms with Gasteiger partial charge in [-0.05, 0) is 48.9 Å². The van der Waals surface area contributed by atoms with Crippen molar-refractivity contribution in [1.29, 1.82) is 5.41 Å². The fourth-order valence-corrected chi connectivity index (χ4v) is 2.89. The van der Waals surface area contributed by atoms with Crippen LogP contribution in [0, 0.1) is 18.2 Å². The van der Waals surface area contributed by atoms with Gasteiger partial charge >= 0.3 is 6.03 Å². The highest BCUT2D eigenvalue weighted by Crippen LogP contribution is 2.30. The molecule has 1 aliphatic heterocycles. The van der Waals surface area contributed by atoms with E-state index in [4.69, 9.17) is 17.6 Å². The summed E-state index contributed by atoms with van der Waals surface area (Å²) in [6.45, 7) is 1.75. The van der Waals surface area contributed by atoms with Crippen molar-refractivity contribution in [2.24, 2.45) is 0 Å². The van der Waals surface area contributed by atoms with Crippen molar-refractivity contribution in [1.82, 2.24) is 0 Å². The SMILES string of the molecule is Cc1ccc(F)cc1N1C(=N)C(=S)N(c2ccc(Br)cc2)C1=O. The van der Waals surface area contributed by atoms with Gasteiger partial charge in [0.05, 0.1) is 11.4 Å². The Morgan fingerprint density at radius 2 is 1.78 bits per heavy atom. The van der Waals surface area contributed by atoms with Crippen LogP contribution in [0.3, 0.4) is 0 Å². The standard InChI is InChI=1S/C16H11BrFN3OS/c1-9-2-5-11(18)8-13(9)21-14(19)15(23)20(16(21)22)12-6-3-10(17)4-7-12/h2-8,19H,1H3. The summed E-state index contributed by atoms with van der Waals surface area (Å²) in [5.74, 6) is -0.610. The molecule has 0 aromatic heterocycles. The van der Waals surface area contributed by atoms with Crippen LogP contribution in [-0.4, -0.2) is 16.9 Å². The number of amidine groups is 1. The summed E-state index contributed by atoms with van der Waals surface area (Å²) in [6, 6.07) is 10.6. The number of carbonyl (C=O) groups excluding carboxylic acids is 1. The van der Waals surface area contributed by atoms with Gasteiger partial charge in [0.1, 0.15) is 5.82 Å². The summed E-state index contributed by atoms with van der Waals surface area (Å²) in [6.07, 6.45) is 0. The van der Waals surface area contributed by atoms with Crippen LogP contribution in [0.1, 0.15) is 5.56 Å². The van der Waals surface area contributed by atoms with E-state index in [0.717, 1.165) is 9.37 Å². The number of nitrogens with zero attached hydrogens (tertiary/aromatic N) is 2. The predicted octanol–water partition coefficient (Wildman–Crippen LogP) is 4.65. The van der Waals surface area contributed by atoms with Crippen molar-refractivity contribution >= 4 is 56.4 Å². The van der Waals surface area contributed by atoms with Crippen molar-refractivity contribution in [3.8, 4) is 0 Å². The maximum Gasteiger partial charge on any atom is 0.340 e. The Morgan fingerprint density at radius 1 is 1.13 bits per heavy atom. The first-order chi connectivity index (χ1) is 10.9. The minimum Gasteiger partial charge on any atom is -0.281 e. The van der Waals surface area contributed by atoms with Crippen LogP contribution in [0.25, 0.3) is 0 Å². The molecule has 0 atom stereocenters. The van der Waals surface area contributed by atoms with Gasteiger partial charge in [0.2, 0.25) is 0 Å². The second-order valence-corrected chi connectivity index (χ2v) is 6.32. The van der Waals surface area contributed by atoms with E-state index in [0.29, 0.717) is 16.9 Å². The van der Waals surface area contributed by atoms with Gasteiger partial charge in [0.25, 0.3) is 0 Å². The molecule has 1 fully saturated rings. The zero-order valence-electron chi connectivity index (χ0n) is 12.0. The second kappa shape index (κ2) is 5.82. The monoisotopic (exact) mass is 391 g/mol. The molecule has 0 aliphatic carbocycles. The third-order valence-electron chi connectivity index (χ3n) is 3.51. The molecule has 0 spiro atoms. The zero-order chi connectivity index (χ0) is 16.7.